The van der Waals surface area contributed by atoms with Crippen LogP contribution in [0.1, 0.15) is 20.9 Å². The Bertz CT molecular complexity index is 736. The van der Waals surface area contributed by atoms with Crippen molar-refractivity contribution in [1.82, 2.24) is 20.0 Å². The first-order valence-corrected chi connectivity index (χ1v) is 6.68. The van der Waals surface area contributed by atoms with Gasteiger partial charge in [0, 0.05) is 17.5 Å². The highest BCUT2D eigenvalue weighted by Gasteiger charge is 2.11. The molecular weight excluding hydrogens is 276 g/mol. The second kappa shape index (κ2) is 5.22. The van der Waals surface area contributed by atoms with Crippen LogP contribution in [-0.2, 0) is 6.42 Å². The summed E-state index contributed by atoms with van der Waals surface area (Å²) in [6.07, 6.45) is 3.92. The summed E-state index contributed by atoms with van der Waals surface area (Å²) in [6, 6.07) is 10.1. The largest absolute Gasteiger partial charge is 0.476 e. The second-order valence-corrected chi connectivity index (χ2v) is 5.22. The number of benzene rings is 1. The van der Waals surface area contributed by atoms with Crippen LogP contribution in [0.25, 0.3) is 5.13 Å². The fourth-order valence-electron chi connectivity index (χ4n) is 1.74. The minimum Gasteiger partial charge on any atom is -0.476 e. The molecule has 0 atom stereocenters. The van der Waals surface area contributed by atoms with Crippen LogP contribution in [0.5, 0.6) is 0 Å². The van der Waals surface area contributed by atoms with Gasteiger partial charge in [0.2, 0.25) is 5.13 Å². The summed E-state index contributed by atoms with van der Waals surface area (Å²) in [5.41, 5.74) is 1.11. The van der Waals surface area contributed by atoms with Crippen molar-refractivity contribution in [2.75, 3.05) is 0 Å². The molecule has 1 aromatic carbocycles. The molecule has 2 heterocycles. The van der Waals surface area contributed by atoms with E-state index in [0.717, 1.165) is 11.3 Å². The van der Waals surface area contributed by atoms with E-state index in [9.17, 15) is 4.79 Å². The number of hydrogen-bond donors (Lipinski definition) is 1. The predicted octanol–water partition coefficient (Wildman–Crippen LogP) is 2.01. The molecule has 3 aromatic rings. The molecule has 2 aromatic heterocycles. The summed E-state index contributed by atoms with van der Waals surface area (Å²) in [5.74, 6) is -1.10. The van der Waals surface area contributed by atoms with Gasteiger partial charge in [-0.1, -0.05) is 46.9 Å². The zero-order valence-corrected chi connectivity index (χ0v) is 11.1. The fraction of sp³-hybridized carbons (Fsp3) is 0.0769. The average molecular weight is 286 g/mol. The van der Waals surface area contributed by atoms with Crippen LogP contribution in [0.4, 0.5) is 0 Å². The molecule has 0 saturated carbocycles. The molecule has 0 bridgehead atoms. The van der Waals surface area contributed by atoms with Crippen molar-refractivity contribution < 1.29 is 9.90 Å². The Morgan fingerprint density at radius 2 is 2.10 bits per heavy atom. The normalized spacial score (nSPS) is 10.6. The highest BCUT2D eigenvalue weighted by Crippen LogP contribution is 2.19. The number of aromatic carboxylic acids is 1. The predicted molar refractivity (Wildman–Crippen MR) is 73.2 cm³/mol. The number of carbonyl (C=O) groups is 1. The zero-order valence-electron chi connectivity index (χ0n) is 10.3. The minimum atomic E-state index is -1.10. The number of nitrogens with zero attached hydrogens (tertiary/aromatic N) is 4. The van der Waals surface area contributed by atoms with Crippen molar-refractivity contribution in [3.63, 3.8) is 0 Å². The molecule has 20 heavy (non-hydrogen) atoms. The highest BCUT2D eigenvalue weighted by molar-refractivity contribution is 7.14. The van der Waals surface area contributed by atoms with Crippen LogP contribution >= 0.6 is 11.3 Å². The summed E-state index contributed by atoms with van der Waals surface area (Å²) in [7, 11) is 0. The fourth-order valence-corrected chi connectivity index (χ4v) is 2.60. The third-order valence-electron chi connectivity index (χ3n) is 2.67. The lowest BCUT2D eigenvalue weighted by Gasteiger charge is -1.96. The molecule has 0 saturated heterocycles. The molecule has 1 N–H and O–H groups in total. The molecule has 0 unspecified atom stereocenters. The van der Waals surface area contributed by atoms with E-state index in [-0.39, 0.29) is 5.69 Å². The zero-order chi connectivity index (χ0) is 13.9. The Hall–Kier alpha value is -2.54. The number of hydrogen-bond acceptors (Lipinski definition) is 5. The molecule has 0 aliphatic rings. The SMILES string of the molecule is O=C(O)c1cn(-c2ncc(Cc3ccccc3)s2)nn1. The van der Waals surface area contributed by atoms with Crippen molar-refractivity contribution >= 4 is 17.3 Å². The first-order valence-electron chi connectivity index (χ1n) is 5.87. The maximum atomic E-state index is 10.8. The third kappa shape index (κ3) is 2.57. The summed E-state index contributed by atoms with van der Waals surface area (Å²) >= 11 is 1.46. The Morgan fingerprint density at radius 3 is 2.80 bits per heavy atom. The van der Waals surface area contributed by atoms with Crippen LogP contribution in [0, 0.1) is 0 Å². The Balaban J connectivity index is 1.81. The van der Waals surface area contributed by atoms with Crippen molar-refractivity contribution in [2.24, 2.45) is 0 Å². The van der Waals surface area contributed by atoms with Crippen molar-refractivity contribution in [2.45, 2.75) is 6.42 Å². The van der Waals surface area contributed by atoms with E-state index in [1.807, 2.05) is 18.2 Å². The number of carboxylic acids is 1. The van der Waals surface area contributed by atoms with Gasteiger partial charge in [-0.25, -0.2) is 9.78 Å². The monoisotopic (exact) mass is 286 g/mol. The third-order valence-corrected chi connectivity index (χ3v) is 3.66. The molecule has 3 rings (SSSR count). The van der Waals surface area contributed by atoms with Gasteiger partial charge in [-0.2, -0.15) is 4.68 Å². The lowest BCUT2D eigenvalue weighted by molar-refractivity contribution is 0.0690. The van der Waals surface area contributed by atoms with Crippen LogP contribution in [0.15, 0.2) is 42.7 Å². The highest BCUT2D eigenvalue weighted by atomic mass is 32.1. The molecule has 6 nitrogen and oxygen atoms in total. The van der Waals surface area contributed by atoms with Gasteiger partial charge in [-0.3, -0.25) is 0 Å². The van der Waals surface area contributed by atoms with Gasteiger partial charge in [0.05, 0.1) is 6.20 Å². The molecular formula is C13H10N4O2S. The Labute approximate surface area is 118 Å². The van der Waals surface area contributed by atoms with Gasteiger partial charge in [0.15, 0.2) is 5.69 Å². The average Bonchev–Trinajstić information content (AvgIpc) is 3.08. The molecule has 0 radical (unpaired) electrons. The molecule has 0 aliphatic heterocycles. The second-order valence-electron chi connectivity index (χ2n) is 4.13. The van der Waals surface area contributed by atoms with Crippen LogP contribution in [-0.4, -0.2) is 31.1 Å². The van der Waals surface area contributed by atoms with Gasteiger partial charge in [0.1, 0.15) is 0 Å². The molecule has 100 valence electrons. The Kier molecular flexibility index (Phi) is 3.26. The van der Waals surface area contributed by atoms with Crippen molar-refractivity contribution in [3.05, 3.63) is 58.9 Å². The van der Waals surface area contributed by atoms with Gasteiger partial charge in [-0.15, -0.1) is 5.10 Å². The van der Waals surface area contributed by atoms with E-state index in [1.54, 1.807) is 6.20 Å². The topological polar surface area (TPSA) is 80.9 Å². The van der Waals surface area contributed by atoms with E-state index < -0.39 is 5.97 Å². The van der Waals surface area contributed by atoms with Crippen LogP contribution < -0.4 is 0 Å². The smallest absolute Gasteiger partial charge is 0.358 e. The lowest BCUT2D eigenvalue weighted by atomic mass is 10.1. The minimum absolute atomic E-state index is 0.0928. The first kappa shape index (κ1) is 12.5. The number of aromatic nitrogens is 4. The molecule has 0 aliphatic carbocycles. The summed E-state index contributed by atoms with van der Waals surface area (Å²) < 4.78 is 1.38. The Morgan fingerprint density at radius 1 is 1.30 bits per heavy atom. The van der Waals surface area contributed by atoms with Gasteiger partial charge >= 0.3 is 5.97 Å². The molecule has 0 spiro atoms. The standard InChI is InChI=1S/C13H10N4O2S/c18-12(19)11-8-17(16-15-11)13-14-7-10(20-13)6-9-4-2-1-3-5-9/h1-5,7-8H,6H2,(H,18,19). The van der Waals surface area contributed by atoms with E-state index in [4.69, 9.17) is 5.11 Å². The summed E-state index contributed by atoms with van der Waals surface area (Å²) in [6.45, 7) is 0. The van der Waals surface area contributed by atoms with E-state index in [2.05, 4.69) is 27.4 Å². The summed E-state index contributed by atoms with van der Waals surface area (Å²) in [5, 5.41) is 16.7. The van der Waals surface area contributed by atoms with Gasteiger partial charge in [0.25, 0.3) is 0 Å². The molecule has 0 amide bonds. The van der Waals surface area contributed by atoms with Crippen LogP contribution in [0.3, 0.4) is 0 Å². The quantitative estimate of drug-likeness (QED) is 0.793. The van der Waals surface area contributed by atoms with E-state index >= 15 is 0 Å². The van der Waals surface area contributed by atoms with Crippen molar-refractivity contribution in [3.8, 4) is 5.13 Å². The van der Waals surface area contributed by atoms with Gasteiger partial charge < -0.3 is 5.11 Å². The maximum Gasteiger partial charge on any atom is 0.358 e. The first-order chi connectivity index (χ1) is 9.72. The summed E-state index contributed by atoms with van der Waals surface area (Å²) in [4.78, 5) is 16.1. The molecule has 0 fully saturated rings. The van der Waals surface area contributed by atoms with Crippen molar-refractivity contribution in [1.29, 1.82) is 0 Å². The van der Waals surface area contributed by atoms with E-state index in [1.165, 1.54) is 27.8 Å². The number of rotatable bonds is 4. The number of thiazole rings is 1. The lowest BCUT2D eigenvalue weighted by Crippen LogP contribution is -1.95. The maximum absolute atomic E-state index is 10.8. The van der Waals surface area contributed by atoms with E-state index in [0.29, 0.717) is 5.13 Å². The van der Waals surface area contributed by atoms with Gasteiger partial charge in [-0.05, 0) is 5.56 Å². The number of carboxylic acid groups (broad SMARTS) is 1. The van der Waals surface area contributed by atoms with Crippen LogP contribution in [0.2, 0.25) is 0 Å². The molecule has 7 heteroatoms.